The fourth-order valence-electron chi connectivity index (χ4n) is 1.18. The minimum absolute atomic E-state index is 0.939. The van der Waals surface area contributed by atoms with Crippen LogP contribution in [0, 0.1) is 6.08 Å². The summed E-state index contributed by atoms with van der Waals surface area (Å²) in [6.07, 6.45) is 24.0. The van der Waals surface area contributed by atoms with E-state index in [1.54, 1.807) is 0 Å². The molecule has 0 amide bonds. The molecule has 0 atom stereocenters. The van der Waals surface area contributed by atoms with Crippen molar-refractivity contribution in [2.45, 2.75) is 32.1 Å². The van der Waals surface area contributed by atoms with E-state index in [9.17, 15) is 0 Å². The van der Waals surface area contributed by atoms with Crippen molar-refractivity contribution >= 4 is 0 Å². The minimum atomic E-state index is 0.939. The summed E-state index contributed by atoms with van der Waals surface area (Å²) in [6, 6.07) is 0. The van der Waals surface area contributed by atoms with E-state index in [1.165, 1.54) is 0 Å². The summed E-state index contributed by atoms with van der Waals surface area (Å²) in [5.41, 5.74) is 0. The Morgan fingerprint density at radius 2 is 1.38 bits per heavy atom. The van der Waals surface area contributed by atoms with E-state index in [0.29, 0.717) is 0 Å². The summed E-state index contributed by atoms with van der Waals surface area (Å²) in [5.74, 6) is 0. The largest absolute Gasteiger partial charge is 0.0882 e. The van der Waals surface area contributed by atoms with Crippen molar-refractivity contribution < 1.29 is 0 Å². The lowest BCUT2D eigenvalue weighted by Crippen LogP contribution is -1.67. The van der Waals surface area contributed by atoms with E-state index < -0.39 is 0 Å². The third kappa shape index (κ3) is 6.15. The van der Waals surface area contributed by atoms with Gasteiger partial charge in [0.05, 0.1) is 0 Å². The van der Waals surface area contributed by atoms with Crippen molar-refractivity contribution in [2.24, 2.45) is 0 Å². The molecule has 0 saturated heterocycles. The Morgan fingerprint density at radius 1 is 0.692 bits per heavy atom. The third-order valence-electron chi connectivity index (χ3n) is 1.91. The molecule has 0 fully saturated rings. The predicted molar refractivity (Wildman–Crippen MR) is 58.3 cm³/mol. The molecular weight excluding hydrogens is 156 g/mol. The molecule has 0 unspecified atom stereocenters. The van der Waals surface area contributed by atoms with Gasteiger partial charge in [-0.25, -0.2) is 0 Å². The third-order valence-corrected chi connectivity index (χ3v) is 1.91. The second-order valence-electron chi connectivity index (χ2n) is 3.09. The molecule has 1 radical (unpaired) electrons. The van der Waals surface area contributed by atoms with E-state index in [2.05, 4.69) is 48.6 Å². The monoisotopic (exact) mass is 173 g/mol. The second-order valence-corrected chi connectivity index (χ2v) is 3.09. The van der Waals surface area contributed by atoms with Crippen LogP contribution < -0.4 is 0 Å². The highest BCUT2D eigenvalue weighted by Crippen LogP contribution is 1.99. The Hall–Kier alpha value is -1.04. The molecular formula is C13H17. The summed E-state index contributed by atoms with van der Waals surface area (Å²) in [7, 11) is 0. The number of hydrogen-bond donors (Lipinski definition) is 0. The number of rotatable bonds is 0. The lowest BCUT2D eigenvalue weighted by molar-refractivity contribution is 1.000. The zero-order valence-corrected chi connectivity index (χ0v) is 8.08. The quantitative estimate of drug-likeness (QED) is 0.486. The molecule has 0 aromatic rings. The van der Waals surface area contributed by atoms with Crippen LogP contribution in [0.1, 0.15) is 32.1 Å². The molecule has 1 aliphatic rings. The number of allylic oxidation sites excluding steroid dienone is 8. The van der Waals surface area contributed by atoms with Crippen molar-refractivity contribution in [3.05, 3.63) is 48.6 Å². The maximum absolute atomic E-state index is 3.24. The van der Waals surface area contributed by atoms with Gasteiger partial charge in [-0.3, -0.25) is 0 Å². The van der Waals surface area contributed by atoms with Gasteiger partial charge >= 0.3 is 0 Å². The molecule has 0 bridgehead atoms. The molecule has 0 saturated carbocycles. The van der Waals surface area contributed by atoms with E-state index >= 15 is 0 Å². The predicted octanol–water partition coefficient (Wildman–Crippen LogP) is 3.98. The topological polar surface area (TPSA) is 0 Å². The smallest absolute Gasteiger partial charge is 0.00948 e. The normalized spacial score (nSPS) is 28.9. The first-order chi connectivity index (χ1) is 6.50. The van der Waals surface area contributed by atoms with Gasteiger partial charge in [0.1, 0.15) is 0 Å². The van der Waals surface area contributed by atoms with Crippen molar-refractivity contribution in [1.29, 1.82) is 0 Å². The van der Waals surface area contributed by atoms with Crippen LogP contribution in [-0.4, -0.2) is 0 Å². The van der Waals surface area contributed by atoms with Gasteiger partial charge < -0.3 is 0 Å². The Morgan fingerprint density at radius 3 is 2.31 bits per heavy atom. The highest BCUT2D eigenvalue weighted by molar-refractivity contribution is 5.04. The molecule has 0 aromatic carbocycles. The lowest BCUT2D eigenvalue weighted by Gasteiger charge is -1.86. The van der Waals surface area contributed by atoms with Gasteiger partial charge in [0, 0.05) is 0 Å². The van der Waals surface area contributed by atoms with Gasteiger partial charge in [-0.15, -0.1) is 0 Å². The van der Waals surface area contributed by atoms with Crippen LogP contribution in [0.3, 0.4) is 0 Å². The summed E-state index contributed by atoms with van der Waals surface area (Å²) in [5, 5.41) is 0. The molecule has 1 rings (SSSR count). The van der Waals surface area contributed by atoms with E-state index in [-0.39, 0.29) is 0 Å². The average molecular weight is 173 g/mol. The van der Waals surface area contributed by atoms with E-state index in [4.69, 9.17) is 0 Å². The van der Waals surface area contributed by atoms with Crippen molar-refractivity contribution in [1.82, 2.24) is 0 Å². The van der Waals surface area contributed by atoms with E-state index in [0.717, 1.165) is 32.1 Å². The fraction of sp³-hybridized carbons (Fsp3) is 0.385. The zero-order chi connectivity index (χ0) is 9.19. The number of hydrogen-bond acceptors (Lipinski definition) is 0. The maximum Gasteiger partial charge on any atom is -0.00948 e. The fourth-order valence-corrected chi connectivity index (χ4v) is 1.18. The van der Waals surface area contributed by atoms with Crippen molar-refractivity contribution in [3.8, 4) is 0 Å². The van der Waals surface area contributed by atoms with Gasteiger partial charge in [0.2, 0.25) is 0 Å². The van der Waals surface area contributed by atoms with Crippen LogP contribution in [0.2, 0.25) is 0 Å². The van der Waals surface area contributed by atoms with Crippen LogP contribution in [-0.2, 0) is 0 Å². The minimum Gasteiger partial charge on any atom is -0.0882 e. The molecule has 0 heteroatoms. The molecule has 0 aromatic heterocycles. The molecule has 13 heavy (non-hydrogen) atoms. The molecule has 0 N–H and O–H groups in total. The van der Waals surface area contributed by atoms with E-state index in [1.807, 2.05) is 0 Å². The molecule has 1 aliphatic carbocycles. The van der Waals surface area contributed by atoms with Gasteiger partial charge in [-0.2, -0.15) is 0 Å². The first kappa shape index (κ1) is 10.0. The van der Waals surface area contributed by atoms with Crippen LogP contribution >= 0.6 is 0 Å². The molecule has 0 spiro atoms. The van der Waals surface area contributed by atoms with Crippen LogP contribution in [0.25, 0.3) is 0 Å². The van der Waals surface area contributed by atoms with Crippen LogP contribution in [0.15, 0.2) is 42.5 Å². The Labute approximate surface area is 81.4 Å². The first-order valence-electron chi connectivity index (χ1n) is 5.02. The standard InChI is InChI=1S/C13H17/c1-2-4-6-8-10-12-13-11-9-7-5-3-1/h1-4,9-11H,5-7,12-13H2/b3-1+,4-2+,10-8?,11-9+. The van der Waals surface area contributed by atoms with Crippen molar-refractivity contribution in [3.63, 3.8) is 0 Å². The summed E-state index contributed by atoms with van der Waals surface area (Å²) >= 11 is 0. The molecule has 0 aliphatic heterocycles. The van der Waals surface area contributed by atoms with Gasteiger partial charge in [0.15, 0.2) is 0 Å². The van der Waals surface area contributed by atoms with Crippen LogP contribution in [0.4, 0.5) is 0 Å². The molecule has 0 heterocycles. The Bertz CT molecular complexity index is 216. The van der Waals surface area contributed by atoms with Gasteiger partial charge in [-0.05, 0) is 38.2 Å². The Balaban J connectivity index is 2.38. The first-order valence-corrected chi connectivity index (χ1v) is 5.02. The zero-order valence-electron chi connectivity index (χ0n) is 8.08. The second kappa shape index (κ2) is 7.60. The highest BCUT2D eigenvalue weighted by Gasteiger charge is 1.80. The van der Waals surface area contributed by atoms with Crippen LogP contribution in [0.5, 0.6) is 0 Å². The summed E-state index contributed by atoms with van der Waals surface area (Å²) in [6.45, 7) is 0. The summed E-state index contributed by atoms with van der Waals surface area (Å²) < 4.78 is 0. The highest BCUT2D eigenvalue weighted by atomic mass is 13.9. The lowest BCUT2D eigenvalue weighted by atomic mass is 10.2. The maximum atomic E-state index is 3.24. The SMILES string of the molecule is [C]1=C/CC/C=C/CC/C=C/C=C/C/1. The van der Waals surface area contributed by atoms with Gasteiger partial charge in [0.25, 0.3) is 0 Å². The van der Waals surface area contributed by atoms with Gasteiger partial charge in [-0.1, -0.05) is 42.5 Å². The average Bonchev–Trinajstić information content (AvgIpc) is 2.18. The summed E-state index contributed by atoms with van der Waals surface area (Å²) in [4.78, 5) is 0. The van der Waals surface area contributed by atoms with Crippen molar-refractivity contribution in [2.75, 3.05) is 0 Å². The molecule has 0 nitrogen and oxygen atoms in total. The Kier molecular flexibility index (Phi) is 5.87. The molecule has 69 valence electrons.